The molecule has 0 amide bonds. The zero-order valence-corrected chi connectivity index (χ0v) is 36.1. The van der Waals surface area contributed by atoms with Gasteiger partial charge in [-0.3, -0.25) is 0 Å². The monoisotopic (exact) mass is 766 g/mol. The van der Waals surface area contributed by atoms with Crippen LogP contribution in [0.5, 0.6) is 0 Å². The first-order valence-electron chi connectivity index (χ1n) is 20.8. The number of hydrogen-bond acceptors (Lipinski definition) is 0. The van der Waals surface area contributed by atoms with Crippen LogP contribution in [-0.4, -0.2) is 71.9 Å². The Morgan fingerprint density at radius 1 is 0.305 bits per heavy atom. The number of nitrogens with zero attached hydrogens (tertiary/aromatic N) is 2. The van der Waals surface area contributed by atoms with E-state index in [9.17, 15) is 0 Å². The minimum absolute atomic E-state index is 1.16. The third-order valence-electron chi connectivity index (χ3n) is 13.6. The topological polar surface area (TPSA) is 9.86 Å². The molecule has 0 fully saturated rings. The summed E-state index contributed by atoms with van der Waals surface area (Å²) in [5.41, 5.74) is 18.4. The van der Waals surface area contributed by atoms with Crippen molar-refractivity contribution in [2.24, 2.45) is 0 Å². The van der Waals surface area contributed by atoms with E-state index in [1.165, 1.54) is 113 Å². The van der Waals surface area contributed by atoms with Crippen molar-refractivity contribution in [3.8, 4) is 11.4 Å². The molecule has 0 spiro atoms. The van der Waals surface area contributed by atoms with Gasteiger partial charge in [0.25, 0.3) is 0 Å². The Morgan fingerprint density at radius 2 is 0.729 bits per heavy atom. The second-order valence-corrected chi connectivity index (χ2v) is 19.5. The molecule has 0 aliphatic carbocycles. The van der Waals surface area contributed by atoms with Crippen LogP contribution in [0.15, 0.2) is 177 Å². The number of aromatic nitrogens is 2. The van der Waals surface area contributed by atoms with Gasteiger partial charge in [0.05, 0.1) is 11.0 Å². The molecule has 2 heterocycles. The van der Waals surface area contributed by atoms with Crippen molar-refractivity contribution >= 4 is 160 Å². The van der Waals surface area contributed by atoms with Gasteiger partial charge in [-0.1, -0.05) is 112 Å². The Bertz CT molecular complexity index is 3140. The molecule has 2 aromatic heterocycles. The van der Waals surface area contributed by atoms with Gasteiger partial charge in [-0.15, -0.1) is 21.0 Å². The molecule has 11 heteroatoms. The van der Waals surface area contributed by atoms with E-state index in [0.717, 1.165) is 5.69 Å². The van der Waals surface area contributed by atoms with Crippen molar-refractivity contribution in [3.63, 3.8) is 0 Å². The quantitative estimate of drug-likeness (QED) is 0.199. The predicted molar refractivity (Wildman–Crippen MR) is 281 cm³/mol. The molecule has 274 valence electrons. The van der Waals surface area contributed by atoms with Crippen LogP contribution in [0.2, 0.25) is 0 Å². The minimum atomic E-state index is -1.85. The van der Waals surface area contributed by atoms with Crippen LogP contribution in [0.25, 0.3) is 55.0 Å². The Labute approximate surface area is 356 Å². The molecule has 8 aromatic carbocycles. The van der Waals surface area contributed by atoms with Crippen molar-refractivity contribution < 1.29 is 0 Å². The maximum Gasteiger partial charge on any atom is 0.141 e. The zero-order valence-electron chi connectivity index (χ0n) is 35.3. The van der Waals surface area contributed by atoms with Gasteiger partial charge in [-0.2, -0.15) is 0 Å². The molecule has 59 heavy (non-hydrogen) atoms. The van der Waals surface area contributed by atoms with E-state index < -0.39 is 10.0 Å². The first-order chi connectivity index (χ1) is 28.6. The summed E-state index contributed by atoms with van der Waals surface area (Å²) in [4.78, 5) is 5.26. The first-order valence-corrected chi connectivity index (χ1v) is 22.4. The van der Waals surface area contributed by atoms with Gasteiger partial charge in [0.15, 0.2) is 0 Å². The molecule has 10 rings (SSSR count). The summed E-state index contributed by atoms with van der Waals surface area (Å²) < 4.78 is 5.08. The molecule has 0 N–H and O–H groups in total. The normalized spacial score (nSPS) is 12.2. The minimum Gasteiger partial charge on any atom is -0.310 e. The lowest BCUT2D eigenvalue weighted by Crippen LogP contribution is -2.49. The Morgan fingerprint density at radius 3 is 1.25 bits per heavy atom. The standard InChI is InChI=1S/C48H42B8N2S/c49-39-37-38-40(50)42(52)44(54)46(56)48(38)58(47(37)45(55)43(53)41(39)51)28-23-24-36-34(26-28)33-21-10-11-22-35(33)57(36)27-13-12-20-32(25-27)59(29-14-4-1-5-15-29,30-16-6-2-7-17-30)31-18-8-3-9-19-31/h1-26H,49-56H2. The molecule has 0 bridgehead atoms. The predicted octanol–water partition coefficient (Wildman–Crippen LogP) is -0.711. The van der Waals surface area contributed by atoms with Crippen LogP contribution < -0.4 is 43.7 Å². The molecule has 0 saturated heterocycles. The Hall–Kier alpha value is -5.77. The lowest BCUT2D eigenvalue weighted by atomic mass is 9.63. The molecular formula is C48H42B8N2S. The van der Waals surface area contributed by atoms with Gasteiger partial charge < -0.3 is 9.13 Å². The van der Waals surface area contributed by atoms with E-state index in [4.69, 9.17) is 0 Å². The molecule has 0 radical (unpaired) electrons. The molecule has 2 nitrogen and oxygen atoms in total. The molecule has 0 unspecified atom stereocenters. The highest BCUT2D eigenvalue weighted by Crippen LogP contribution is 2.73. The van der Waals surface area contributed by atoms with Crippen molar-refractivity contribution in [1.29, 1.82) is 0 Å². The van der Waals surface area contributed by atoms with E-state index >= 15 is 0 Å². The molecule has 0 saturated carbocycles. The summed E-state index contributed by atoms with van der Waals surface area (Å²) in [7, 11) is 16.6. The molecule has 10 aromatic rings. The van der Waals surface area contributed by atoms with Crippen LogP contribution in [0.3, 0.4) is 0 Å². The first kappa shape index (κ1) is 37.5. The third kappa shape index (κ3) is 5.40. The summed E-state index contributed by atoms with van der Waals surface area (Å²) in [6.45, 7) is 0. The van der Waals surface area contributed by atoms with Crippen LogP contribution >= 0.6 is 10.0 Å². The van der Waals surface area contributed by atoms with Gasteiger partial charge >= 0.3 is 0 Å². The molecular weight excluding hydrogens is 723 g/mol. The van der Waals surface area contributed by atoms with Crippen molar-refractivity contribution in [2.75, 3.05) is 0 Å². The average molecular weight is 765 g/mol. The zero-order chi connectivity index (χ0) is 40.7. The second-order valence-electron chi connectivity index (χ2n) is 16.4. The van der Waals surface area contributed by atoms with Crippen molar-refractivity contribution in [1.82, 2.24) is 9.13 Å². The smallest absolute Gasteiger partial charge is 0.141 e. The summed E-state index contributed by atoms with van der Waals surface area (Å²) in [5.74, 6) is 0. The summed E-state index contributed by atoms with van der Waals surface area (Å²) in [6, 6.07) is 58.9. The van der Waals surface area contributed by atoms with Gasteiger partial charge in [0.1, 0.15) is 62.8 Å². The van der Waals surface area contributed by atoms with E-state index in [1.807, 2.05) is 0 Å². The molecule has 0 aliphatic rings. The van der Waals surface area contributed by atoms with Crippen molar-refractivity contribution in [3.05, 3.63) is 158 Å². The van der Waals surface area contributed by atoms with E-state index in [2.05, 4.69) is 230 Å². The average Bonchev–Trinajstić information content (AvgIpc) is 3.82. The number of hydrogen-bond donors (Lipinski definition) is 0. The summed E-state index contributed by atoms with van der Waals surface area (Å²) >= 11 is 0. The highest BCUT2D eigenvalue weighted by atomic mass is 32.3. The number of para-hydroxylation sites is 1. The maximum atomic E-state index is 2.59. The second kappa shape index (κ2) is 14.2. The largest absolute Gasteiger partial charge is 0.310 e. The van der Waals surface area contributed by atoms with Crippen LogP contribution in [0, 0.1) is 0 Å². The van der Waals surface area contributed by atoms with Gasteiger partial charge in [-0.05, 0) is 89.6 Å². The van der Waals surface area contributed by atoms with Gasteiger partial charge in [0, 0.05) is 52.8 Å². The molecule has 0 atom stereocenters. The highest BCUT2D eigenvalue weighted by Gasteiger charge is 2.33. The number of rotatable bonds is 6. The fourth-order valence-corrected chi connectivity index (χ4v) is 13.9. The fourth-order valence-electron chi connectivity index (χ4n) is 10.0. The van der Waals surface area contributed by atoms with Crippen LogP contribution in [0.1, 0.15) is 0 Å². The third-order valence-corrected chi connectivity index (χ3v) is 17.5. The van der Waals surface area contributed by atoms with E-state index in [-0.39, 0.29) is 0 Å². The number of fused-ring (bicyclic) bond motifs is 6. The SMILES string of the molecule is Bc1c(B)c(B)c2c(c1B)c1c(B)c(B)c(B)c(B)c1n2-c1ccc2c(c1)c1ccccc1n2-c1cccc(S(c2ccccc2)(c2ccccc2)c2ccccc2)c1. The van der Waals surface area contributed by atoms with Crippen LogP contribution in [-0.2, 0) is 0 Å². The van der Waals surface area contributed by atoms with Gasteiger partial charge in [-0.25, -0.2) is 0 Å². The fraction of sp³-hybridized carbons (Fsp3) is 0. The highest BCUT2D eigenvalue weighted by molar-refractivity contribution is 8.34. The van der Waals surface area contributed by atoms with E-state index in [0.29, 0.717) is 0 Å². The lowest BCUT2D eigenvalue weighted by molar-refractivity contribution is 1.14. The van der Waals surface area contributed by atoms with Crippen molar-refractivity contribution in [2.45, 2.75) is 19.6 Å². The summed E-state index contributed by atoms with van der Waals surface area (Å²) in [5, 5.41) is 5.29. The molecule has 0 aliphatic heterocycles. The van der Waals surface area contributed by atoms with E-state index in [1.54, 1.807) is 0 Å². The Kier molecular flexibility index (Phi) is 9.03. The maximum absolute atomic E-state index is 2.59. The Balaban J connectivity index is 1.27. The van der Waals surface area contributed by atoms with Gasteiger partial charge in [0.2, 0.25) is 0 Å². The summed E-state index contributed by atoms with van der Waals surface area (Å²) in [6.07, 6.45) is 0. The lowest BCUT2D eigenvalue weighted by Gasteiger charge is -2.42. The van der Waals surface area contributed by atoms with Crippen LogP contribution in [0.4, 0.5) is 0 Å². The number of benzene rings is 8.